The van der Waals surface area contributed by atoms with Crippen LogP contribution < -0.4 is 5.32 Å². The summed E-state index contributed by atoms with van der Waals surface area (Å²) < 4.78 is 5.44. The highest BCUT2D eigenvalue weighted by atomic mass is 16.5. The molecule has 0 bridgehead atoms. The van der Waals surface area contributed by atoms with E-state index in [2.05, 4.69) is 5.32 Å². The number of piperidine rings is 1. The zero-order chi connectivity index (χ0) is 11.1. The lowest BCUT2D eigenvalue weighted by Crippen LogP contribution is -2.42. The summed E-state index contributed by atoms with van der Waals surface area (Å²) in [5.41, 5.74) is 0. The molecule has 4 nitrogen and oxygen atoms in total. The van der Waals surface area contributed by atoms with Gasteiger partial charge in [-0.05, 0) is 33.2 Å². The van der Waals surface area contributed by atoms with Crippen molar-refractivity contribution in [3.8, 4) is 0 Å². The first-order valence-electron chi connectivity index (χ1n) is 5.80. The third kappa shape index (κ3) is 4.18. The van der Waals surface area contributed by atoms with Gasteiger partial charge < -0.3 is 15.0 Å². The molecule has 1 amide bonds. The Morgan fingerprint density at radius 1 is 1.40 bits per heavy atom. The number of likely N-dealkylation sites (N-methyl/N-ethyl adjacent to an activating group) is 1. The third-order valence-corrected chi connectivity index (χ3v) is 2.74. The summed E-state index contributed by atoms with van der Waals surface area (Å²) in [5.74, 6) is 0.144. The van der Waals surface area contributed by atoms with Crippen molar-refractivity contribution in [3.63, 3.8) is 0 Å². The average Bonchev–Trinajstić information content (AvgIpc) is 2.29. The number of likely N-dealkylation sites (tertiary alicyclic amines) is 1. The Morgan fingerprint density at radius 3 is 2.67 bits per heavy atom. The Balaban J connectivity index is 2.24. The normalized spacial score (nSPS) is 18.9. The molecule has 1 rings (SSSR count). The fourth-order valence-electron chi connectivity index (χ4n) is 1.78. The standard InChI is InChI=1S/C11H22N2O2/c1-10(15-9-6-12-2)11(14)13-7-4-3-5-8-13/h10,12H,3-9H2,1-2H3. The number of carbonyl (C=O) groups is 1. The van der Waals surface area contributed by atoms with Crippen molar-refractivity contribution in [2.24, 2.45) is 0 Å². The van der Waals surface area contributed by atoms with Crippen LogP contribution in [0.25, 0.3) is 0 Å². The molecule has 4 heteroatoms. The van der Waals surface area contributed by atoms with Gasteiger partial charge in [0, 0.05) is 19.6 Å². The van der Waals surface area contributed by atoms with E-state index in [1.807, 2.05) is 18.9 Å². The van der Waals surface area contributed by atoms with Gasteiger partial charge in [0.25, 0.3) is 5.91 Å². The molecule has 15 heavy (non-hydrogen) atoms. The molecule has 0 radical (unpaired) electrons. The largest absolute Gasteiger partial charge is 0.367 e. The fraction of sp³-hybridized carbons (Fsp3) is 0.909. The zero-order valence-corrected chi connectivity index (χ0v) is 9.79. The molecule has 1 saturated heterocycles. The van der Waals surface area contributed by atoms with E-state index in [0.29, 0.717) is 6.61 Å². The molecule has 1 unspecified atom stereocenters. The van der Waals surface area contributed by atoms with Crippen LogP contribution in [0.15, 0.2) is 0 Å². The maximum atomic E-state index is 11.9. The van der Waals surface area contributed by atoms with Crippen molar-refractivity contribution in [1.29, 1.82) is 0 Å². The smallest absolute Gasteiger partial charge is 0.251 e. The predicted octanol–water partition coefficient (Wildman–Crippen LogP) is 0.623. The molecule has 0 aromatic heterocycles. The maximum absolute atomic E-state index is 11.9. The van der Waals surface area contributed by atoms with Crippen LogP contribution in [0, 0.1) is 0 Å². The lowest BCUT2D eigenvalue weighted by Gasteiger charge is -2.29. The van der Waals surface area contributed by atoms with Crippen LogP contribution in [-0.4, -0.2) is 50.2 Å². The summed E-state index contributed by atoms with van der Waals surface area (Å²) in [4.78, 5) is 13.8. The number of hydrogen-bond acceptors (Lipinski definition) is 3. The van der Waals surface area contributed by atoms with E-state index in [1.54, 1.807) is 0 Å². The fourth-order valence-corrected chi connectivity index (χ4v) is 1.78. The number of rotatable bonds is 5. The quantitative estimate of drug-likeness (QED) is 0.682. The SMILES string of the molecule is CNCCOC(C)C(=O)N1CCCCC1. The highest BCUT2D eigenvalue weighted by molar-refractivity contribution is 5.80. The Labute approximate surface area is 92.0 Å². The van der Waals surface area contributed by atoms with Gasteiger partial charge in [-0.25, -0.2) is 0 Å². The Kier molecular flexibility index (Phi) is 5.65. The lowest BCUT2D eigenvalue weighted by molar-refractivity contribution is -0.143. The van der Waals surface area contributed by atoms with E-state index in [9.17, 15) is 4.79 Å². The van der Waals surface area contributed by atoms with Crippen molar-refractivity contribution in [2.75, 3.05) is 33.3 Å². The van der Waals surface area contributed by atoms with Crippen molar-refractivity contribution in [2.45, 2.75) is 32.3 Å². The van der Waals surface area contributed by atoms with Gasteiger partial charge >= 0.3 is 0 Å². The third-order valence-electron chi connectivity index (χ3n) is 2.74. The summed E-state index contributed by atoms with van der Waals surface area (Å²) in [5, 5.41) is 2.99. The van der Waals surface area contributed by atoms with Gasteiger partial charge in [-0.3, -0.25) is 4.79 Å². The van der Waals surface area contributed by atoms with Crippen LogP contribution in [0.5, 0.6) is 0 Å². The molecule has 1 atom stereocenters. The highest BCUT2D eigenvalue weighted by Gasteiger charge is 2.22. The van der Waals surface area contributed by atoms with Gasteiger partial charge in [-0.15, -0.1) is 0 Å². The summed E-state index contributed by atoms with van der Waals surface area (Å²) in [6, 6.07) is 0. The first kappa shape index (κ1) is 12.5. The van der Waals surface area contributed by atoms with Crippen LogP contribution in [-0.2, 0) is 9.53 Å². The molecule has 1 N–H and O–H groups in total. The van der Waals surface area contributed by atoms with Gasteiger partial charge in [0.05, 0.1) is 6.61 Å². The van der Waals surface area contributed by atoms with E-state index in [4.69, 9.17) is 4.74 Å². The van der Waals surface area contributed by atoms with E-state index < -0.39 is 0 Å². The minimum atomic E-state index is -0.295. The molecule has 1 heterocycles. The molecule has 0 saturated carbocycles. The molecular weight excluding hydrogens is 192 g/mol. The molecule has 0 aliphatic carbocycles. The van der Waals surface area contributed by atoms with Crippen LogP contribution in [0.1, 0.15) is 26.2 Å². The molecule has 1 fully saturated rings. The number of carbonyl (C=O) groups excluding carboxylic acids is 1. The summed E-state index contributed by atoms with van der Waals surface area (Å²) in [6.07, 6.45) is 3.22. The highest BCUT2D eigenvalue weighted by Crippen LogP contribution is 2.10. The maximum Gasteiger partial charge on any atom is 0.251 e. The van der Waals surface area contributed by atoms with Gasteiger partial charge in [0.2, 0.25) is 0 Å². The number of nitrogens with one attached hydrogen (secondary N) is 1. The Bertz CT molecular complexity index is 191. The summed E-state index contributed by atoms with van der Waals surface area (Å²) >= 11 is 0. The molecule has 1 aliphatic rings. The molecule has 1 aliphatic heterocycles. The van der Waals surface area contributed by atoms with Gasteiger partial charge in [0.15, 0.2) is 0 Å². The van der Waals surface area contributed by atoms with Crippen molar-refractivity contribution >= 4 is 5.91 Å². The zero-order valence-electron chi connectivity index (χ0n) is 9.79. The molecule has 0 aromatic carbocycles. The van der Waals surface area contributed by atoms with Gasteiger partial charge in [-0.1, -0.05) is 0 Å². The van der Waals surface area contributed by atoms with Crippen molar-refractivity contribution < 1.29 is 9.53 Å². The van der Waals surface area contributed by atoms with Crippen molar-refractivity contribution in [1.82, 2.24) is 10.2 Å². The number of nitrogens with zero attached hydrogens (tertiary/aromatic N) is 1. The Hall–Kier alpha value is -0.610. The predicted molar refractivity (Wildman–Crippen MR) is 59.8 cm³/mol. The van der Waals surface area contributed by atoms with Crippen LogP contribution in [0.3, 0.4) is 0 Å². The average molecular weight is 214 g/mol. The second kappa shape index (κ2) is 6.80. The number of hydrogen-bond donors (Lipinski definition) is 1. The number of ether oxygens (including phenoxy) is 1. The lowest BCUT2D eigenvalue weighted by atomic mass is 10.1. The van der Waals surface area contributed by atoms with E-state index in [1.165, 1.54) is 6.42 Å². The van der Waals surface area contributed by atoms with Crippen LogP contribution in [0.2, 0.25) is 0 Å². The van der Waals surface area contributed by atoms with Crippen molar-refractivity contribution in [3.05, 3.63) is 0 Å². The van der Waals surface area contributed by atoms with Gasteiger partial charge in [-0.2, -0.15) is 0 Å². The van der Waals surface area contributed by atoms with E-state index in [0.717, 1.165) is 32.5 Å². The summed E-state index contributed by atoms with van der Waals surface area (Å²) in [7, 11) is 1.88. The first-order valence-corrected chi connectivity index (χ1v) is 5.80. The monoisotopic (exact) mass is 214 g/mol. The second-order valence-corrected chi connectivity index (χ2v) is 4.00. The molecule has 88 valence electrons. The number of amides is 1. The molecule has 0 spiro atoms. The van der Waals surface area contributed by atoms with E-state index >= 15 is 0 Å². The minimum absolute atomic E-state index is 0.144. The summed E-state index contributed by atoms with van der Waals surface area (Å²) in [6.45, 7) is 5.03. The van der Waals surface area contributed by atoms with Crippen LogP contribution in [0.4, 0.5) is 0 Å². The van der Waals surface area contributed by atoms with Crippen LogP contribution >= 0.6 is 0 Å². The topological polar surface area (TPSA) is 41.6 Å². The molecular formula is C11H22N2O2. The minimum Gasteiger partial charge on any atom is -0.367 e. The van der Waals surface area contributed by atoms with Gasteiger partial charge in [0.1, 0.15) is 6.10 Å². The first-order chi connectivity index (χ1) is 7.25. The Morgan fingerprint density at radius 2 is 2.07 bits per heavy atom. The molecule has 0 aromatic rings. The second-order valence-electron chi connectivity index (χ2n) is 4.00. The van der Waals surface area contributed by atoms with E-state index in [-0.39, 0.29) is 12.0 Å².